The van der Waals surface area contributed by atoms with Gasteiger partial charge in [-0.15, -0.1) is 0 Å². The Morgan fingerprint density at radius 2 is 0.538 bits per heavy atom. The molecule has 0 aliphatic rings. The van der Waals surface area contributed by atoms with E-state index in [2.05, 4.69) is 42.0 Å². The zero-order valence-corrected chi connectivity index (χ0v) is 28.2. The second kappa shape index (κ2) is 35.8. The lowest BCUT2D eigenvalue weighted by Gasteiger charge is -2.06. The molecule has 0 aromatic heterocycles. The molecule has 0 saturated heterocycles. The van der Waals surface area contributed by atoms with Gasteiger partial charge in [0.2, 0.25) is 0 Å². The van der Waals surface area contributed by atoms with E-state index in [1.165, 1.54) is 167 Å². The molecule has 0 rings (SSSR count). The molecule has 0 amide bonds. The van der Waals surface area contributed by atoms with Gasteiger partial charge in [-0.1, -0.05) is 142 Å². The highest BCUT2D eigenvalue weighted by Gasteiger charge is 1.96. The molecule has 0 radical (unpaired) electrons. The molecular formula is C32H72N2O4S. The predicted octanol–water partition coefficient (Wildman–Crippen LogP) is 6.33. The van der Waals surface area contributed by atoms with Crippen molar-refractivity contribution in [3.05, 3.63) is 0 Å². The average molecular weight is 581 g/mol. The van der Waals surface area contributed by atoms with E-state index in [-0.39, 0.29) is 0 Å². The van der Waals surface area contributed by atoms with Gasteiger partial charge in [0.05, 0.1) is 41.3 Å². The summed E-state index contributed by atoms with van der Waals surface area (Å²) in [4.78, 5) is 3.19. The maximum Gasteiger partial charge on any atom is 0.0766 e. The lowest BCUT2D eigenvalue weighted by molar-refractivity contribution is -0.858. The molecule has 0 heterocycles. The monoisotopic (exact) mass is 581 g/mol. The van der Waals surface area contributed by atoms with Crippen LogP contribution >= 0.6 is 0 Å². The minimum atomic E-state index is -5.17. The molecule has 0 atom stereocenters. The molecule has 0 aromatic rings. The third-order valence-corrected chi connectivity index (χ3v) is 7.06. The summed E-state index contributed by atoms with van der Waals surface area (Å²) in [6, 6.07) is 0. The Bertz CT molecular complexity index is 488. The standard InChI is InChI=1S/2C16H35N.H2O4S/c2*1-4-5-6-7-8-9-10-11-12-13-14-15-16-17(2)3;1-5(2,3)4/h2*4-16H2,1-3H3;(H2,1,2,3,4). The molecule has 7 heteroatoms. The van der Waals surface area contributed by atoms with Gasteiger partial charge < -0.3 is 18.9 Å². The van der Waals surface area contributed by atoms with Crippen LogP contribution in [0.25, 0.3) is 0 Å². The molecule has 0 saturated carbocycles. The quantitative estimate of drug-likeness (QED) is 0.0711. The zero-order chi connectivity index (χ0) is 30.0. The maximum atomic E-state index is 8.52. The highest BCUT2D eigenvalue weighted by atomic mass is 32.3. The molecule has 0 aliphatic carbocycles. The van der Waals surface area contributed by atoms with Gasteiger partial charge in [-0.25, -0.2) is 0 Å². The summed E-state index contributed by atoms with van der Waals surface area (Å²) in [6.45, 7) is 7.27. The lowest BCUT2D eigenvalue weighted by Crippen LogP contribution is -3.05. The highest BCUT2D eigenvalue weighted by molar-refractivity contribution is 7.79. The van der Waals surface area contributed by atoms with Gasteiger partial charge >= 0.3 is 0 Å². The summed E-state index contributed by atoms with van der Waals surface area (Å²) in [5, 5.41) is 0. The zero-order valence-electron chi connectivity index (χ0n) is 27.4. The van der Waals surface area contributed by atoms with Crippen molar-refractivity contribution in [2.24, 2.45) is 0 Å². The fraction of sp³-hybridized carbons (Fsp3) is 1.00. The molecule has 0 aliphatic heterocycles. The summed E-state index contributed by atoms with van der Waals surface area (Å²) in [7, 11) is 3.83. The van der Waals surface area contributed by atoms with Gasteiger partial charge in [-0.2, -0.15) is 0 Å². The summed E-state index contributed by atoms with van der Waals surface area (Å²) < 4.78 is 34.1. The molecular weight excluding hydrogens is 508 g/mol. The lowest BCUT2D eigenvalue weighted by atomic mass is 10.1. The maximum absolute atomic E-state index is 8.52. The van der Waals surface area contributed by atoms with E-state index in [1.807, 2.05) is 0 Å². The van der Waals surface area contributed by atoms with E-state index in [1.54, 1.807) is 9.80 Å². The van der Waals surface area contributed by atoms with Crippen LogP contribution in [0.5, 0.6) is 0 Å². The van der Waals surface area contributed by atoms with Crippen molar-refractivity contribution in [3.8, 4) is 0 Å². The topological polar surface area (TPSA) is 89.1 Å². The van der Waals surface area contributed by atoms with Crippen LogP contribution in [-0.2, 0) is 10.4 Å². The minimum Gasteiger partial charge on any atom is -0.759 e. The average Bonchev–Trinajstić information content (AvgIpc) is 2.84. The van der Waals surface area contributed by atoms with Gasteiger partial charge in [0.25, 0.3) is 0 Å². The number of unbranched alkanes of at least 4 members (excludes halogenated alkanes) is 22. The molecule has 0 fully saturated rings. The first-order chi connectivity index (χ1) is 18.5. The van der Waals surface area contributed by atoms with E-state index in [9.17, 15) is 0 Å². The number of hydrogen-bond donors (Lipinski definition) is 2. The van der Waals surface area contributed by atoms with Crippen molar-refractivity contribution >= 4 is 10.4 Å². The Hall–Kier alpha value is -0.210. The Morgan fingerprint density at radius 1 is 0.385 bits per heavy atom. The van der Waals surface area contributed by atoms with Crippen molar-refractivity contribution in [2.45, 2.75) is 168 Å². The van der Waals surface area contributed by atoms with Crippen LogP contribution in [0.2, 0.25) is 0 Å². The summed E-state index contributed by atoms with van der Waals surface area (Å²) in [5.41, 5.74) is 0. The van der Waals surface area contributed by atoms with E-state index in [0.717, 1.165) is 0 Å². The normalized spacial score (nSPS) is 11.3. The first kappa shape index (κ1) is 43.2. The first-order valence-corrected chi connectivity index (χ1v) is 18.1. The van der Waals surface area contributed by atoms with E-state index >= 15 is 0 Å². The Morgan fingerprint density at radius 3 is 0.692 bits per heavy atom. The molecule has 6 nitrogen and oxygen atoms in total. The van der Waals surface area contributed by atoms with E-state index < -0.39 is 10.4 Å². The second-order valence-electron chi connectivity index (χ2n) is 12.1. The van der Waals surface area contributed by atoms with Gasteiger partial charge in [0.15, 0.2) is 0 Å². The van der Waals surface area contributed by atoms with Crippen molar-refractivity contribution in [2.75, 3.05) is 41.3 Å². The van der Waals surface area contributed by atoms with Crippen LogP contribution in [0, 0.1) is 0 Å². The largest absolute Gasteiger partial charge is 0.759 e. The predicted molar refractivity (Wildman–Crippen MR) is 168 cm³/mol. The van der Waals surface area contributed by atoms with Gasteiger partial charge in [-0.3, -0.25) is 8.42 Å². The van der Waals surface area contributed by atoms with Crippen molar-refractivity contribution in [1.29, 1.82) is 0 Å². The SMILES string of the molecule is CCCCCCCCCCCCCC[NH+](C)C.CCCCCCCCCCCCCC[NH+](C)C.O=S(=O)([O-])[O-]. The first-order valence-electron chi connectivity index (χ1n) is 16.8. The molecule has 0 aromatic carbocycles. The Labute approximate surface area is 246 Å². The Kier molecular flexibility index (Phi) is 39.7. The Balaban J connectivity index is -0.000000566. The molecule has 0 bridgehead atoms. The fourth-order valence-corrected chi connectivity index (χ4v) is 4.64. The molecule has 2 N–H and O–H groups in total. The van der Waals surface area contributed by atoms with Crippen LogP contribution in [0.15, 0.2) is 0 Å². The summed E-state index contributed by atoms with van der Waals surface area (Å²) in [6.07, 6.45) is 34.9. The van der Waals surface area contributed by atoms with Crippen LogP contribution in [0.4, 0.5) is 0 Å². The van der Waals surface area contributed by atoms with Gasteiger partial charge in [0, 0.05) is 10.4 Å². The summed E-state index contributed by atoms with van der Waals surface area (Å²) >= 11 is 0. The third kappa shape index (κ3) is 62.7. The number of rotatable bonds is 26. The molecule has 0 unspecified atom stereocenters. The molecule has 0 spiro atoms. The van der Waals surface area contributed by atoms with Crippen LogP contribution < -0.4 is 9.80 Å². The smallest absolute Gasteiger partial charge is 0.0766 e. The highest BCUT2D eigenvalue weighted by Crippen LogP contribution is 2.12. The number of hydrogen-bond acceptors (Lipinski definition) is 4. The van der Waals surface area contributed by atoms with Crippen LogP contribution in [-0.4, -0.2) is 58.8 Å². The van der Waals surface area contributed by atoms with Crippen LogP contribution in [0.3, 0.4) is 0 Å². The number of nitrogens with one attached hydrogen (secondary N) is 2. The van der Waals surface area contributed by atoms with Crippen molar-refractivity contribution in [3.63, 3.8) is 0 Å². The third-order valence-electron chi connectivity index (χ3n) is 7.06. The van der Waals surface area contributed by atoms with E-state index in [0.29, 0.717) is 0 Å². The van der Waals surface area contributed by atoms with E-state index in [4.69, 9.17) is 17.5 Å². The molecule has 240 valence electrons. The van der Waals surface area contributed by atoms with Crippen molar-refractivity contribution in [1.82, 2.24) is 0 Å². The number of quaternary nitrogens is 2. The minimum absolute atomic E-state index is 1.34. The molecule has 39 heavy (non-hydrogen) atoms. The van der Waals surface area contributed by atoms with Crippen molar-refractivity contribution < 1.29 is 27.3 Å². The van der Waals surface area contributed by atoms with Gasteiger partial charge in [-0.05, 0) is 25.7 Å². The summed E-state index contributed by atoms with van der Waals surface area (Å²) in [5.74, 6) is 0. The fourth-order valence-electron chi connectivity index (χ4n) is 4.64. The second-order valence-corrected chi connectivity index (χ2v) is 12.9. The van der Waals surface area contributed by atoms with Gasteiger partial charge in [0.1, 0.15) is 0 Å². The van der Waals surface area contributed by atoms with Crippen LogP contribution in [0.1, 0.15) is 168 Å².